The molecule has 1 aliphatic rings. The van der Waals surface area contributed by atoms with Crippen LogP contribution in [0.4, 0.5) is 4.39 Å². The van der Waals surface area contributed by atoms with Crippen molar-refractivity contribution in [1.82, 2.24) is 5.32 Å². The molecule has 0 fully saturated rings. The van der Waals surface area contributed by atoms with E-state index in [0.717, 1.165) is 29.7 Å². The molecular formula is C17H18FNO. The number of hydrogen-bond donors (Lipinski definition) is 2. The predicted molar refractivity (Wildman–Crippen MR) is 77.0 cm³/mol. The van der Waals surface area contributed by atoms with Gasteiger partial charge >= 0.3 is 0 Å². The fourth-order valence-electron chi connectivity index (χ4n) is 2.97. The monoisotopic (exact) mass is 271 g/mol. The van der Waals surface area contributed by atoms with Crippen LogP contribution in [0.25, 0.3) is 0 Å². The van der Waals surface area contributed by atoms with E-state index < -0.39 is 6.10 Å². The van der Waals surface area contributed by atoms with Crippen LogP contribution in [0.2, 0.25) is 0 Å². The van der Waals surface area contributed by atoms with Gasteiger partial charge in [0.05, 0.1) is 12.1 Å². The molecule has 2 aromatic rings. The average molecular weight is 271 g/mol. The summed E-state index contributed by atoms with van der Waals surface area (Å²) in [5.74, 6) is -0.268. The zero-order valence-corrected chi connectivity index (χ0v) is 11.4. The maximum Gasteiger partial charge on any atom is 0.123 e. The molecule has 0 saturated carbocycles. The van der Waals surface area contributed by atoms with E-state index in [4.69, 9.17) is 0 Å². The fourth-order valence-corrected chi connectivity index (χ4v) is 2.97. The lowest BCUT2D eigenvalue weighted by atomic mass is 9.87. The van der Waals surface area contributed by atoms with E-state index in [1.165, 1.54) is 17.7 Å². The highest BCUT2D eigenvalue weighted by atomic mass is 19.1. The van der Waals surface area contributed by atoms with Crippen LogP contribution in [-0.4, -0.2) is 11.7 Å². The van der Waals surface area contributed by atoms with Crippen molar-refractivity contribution in [1.29, 1.82) is 0 Å². The predicted octanol–water partition coefficient (Wildman–Crippen LogP) is 3.05. The second kappa shape index (κ2) is 5.35. The molecule has 0 amide bonds. The summed E-state index contributed by atoms with van der Waals surface area (Å²) in [5, 5.41) is 14.1. The van der Waals surface area contributed by atoms with Crippen molar-refractivity contribution in [2.24, 2.45) is 0 Å². The first-order valence-corrected chi connectivity index (χ1v) is 6.92. The molecule has 104 valence electrons. The molecule has 2 nitrogen and oxygen atoms in total. The molecule has 0 aromatic heterocycles. The van der Waals surface area contributed by atoms with Gasteiger partial charge in [-0.1, -0.05) is 30.3 Å². The minimum atomic E-state index is -0.669. The number of halogens is 1. The van der Waals surface area contributed by atoms with Gasteiger partial charge in [0.25, 0.3) is 0 Å². The van der Waals surface area contributed by atoms with Crippen LogP contribution in [0.3, 0.4) is 0 Å². The Morgan fingerprint density at radius 2 is 2.05 bits per heavy atom. The molecular weight excluding hydrogens is 253 g/mol. The zero-order valence-electron chi connectivity index (χ0n) is 11.4. The third-order valence-electron chi connectivity index (χ3n) is 4.01. The Labute approximate surface area is 118 Å². The number of rotatable bonds is 2. The fraction of sp³-hybridized carbons (Fsp3) is 0.294. The van der Waals surface area contributed by atoms with Crippen LogP contribution < -0.4 is 5.32 Å². The van der Waals surface area contributed by atoms with Crippen LogP contribution in [0, 0.1) is 12.7 Å². The van der Waals surface area contributed by atoms with E-state index >= 15 is 0 Å². The minimum Gasteiger partial charge on any atom is -0.386 e. The van der Waals surface area contributed by atoms with Gasteiger partial charge in [-0.2, -0.15) is 0 Å². The van der Waals surface area contributed by atoms with Crippen molar-refractivity contribution in [3.8, 4) is 0 Å². The van der Waals surface area contributed by atoms with Crippen LogP contribution in [-0.2, 0) is 6.42 Å². The molecule has 0 spiro atoms. The van der Waals surface area contributed by atoms with Gasteiger partial charge in [-0.05, 0) is 54.3 Å². The van der Waals surface area contributed by atoms with Gasteiger partial charge < -0.3 is 10.4 Å². The van der Waals surface area contributed by atoms with Gasteiger partial charge in [-0.15, -0.1) is 0 Å². The molecule has 2 unspecified atom stereocenters. The molecule has 0 saturated heterocycles. The first-order chi connectivity index (χ1) is 9.66. The van der Waals surface area contributed by atoms with E-state index in [1.54, 1.807) is 6.07 Å². The van der Waals surface area contributed by atoms with Gasteiger partial charge in [-0.25, -0.2) is 4.39 Å². The lowest BCUT2D eigenvalue weighted by Crippen LogP contribution is -2.34. The van der Waals surface area contributed by atoms with Crippen LogP contribution in [0.1, 0.15) is 34.4 Å². The summed E-state index contributed by atoms with van der Waals surface area (Å²) in [6, 6.07) is 12.6. The first kappa shape index (κ1) is 13.3. The zero-order chi connectivity index (χ0) is 14.1. The molecule has 2 atom stereocenters. The third-order valence-corrected chi connectivity index (χ3v) is 4.01. The van der Waals surface area contributed by atoms with E-state index in [9.17, 15) is 9.50 Å². The highest BCUT2D eigenvalue weighted by Crippen LogP contribution is 2.34. The Hall–Kier alpha value is -1.71. The molecule has 3 rings (SSSR count). The number of benzene rings is 2. The number of aryl methyl sites for hydroxylation is 1. The quantitative estimate of drug-likeness (QED) is 0.880. The summed E-state index contributed by atoms with van der Waals surface area (Å²) in [7, 11) is 0. The largest absolute Gasteiger partial charge is 0.386 e. The Kier molecular flexibility index (Phi) is 3.55. The maximum atomic E-state index is 13.2. The van der Waals surface area contributed by atoms with Crippen LogP contribution in [0.5, 0.6) is 0 Å². The normalized spacial score (nSPS) is 19.4. The number of fused-ring (bicyclic) bond motifs is 1. The van der Waals surface area contributed by atoms with Crippen LogP contribution in [0.15, 0.2) is 42.5 Å². The maximum absolute atomic E-state index is 13.2. The second-order valence-electron chi connectivity index (χ2n) is 5.33. The Balaban J connectivity index is 1.97. The van der Waals surface area contributed by atoms with Crippen molar-refractivity contribution in [3.05, 3.63) is 70.5 Å². The number of aliphatic hydroxyl groups excluding tert-OH is 1. The number of hydrogen-bond acceptors (Lipinski definition) is 2. The van der Waals surface area contributed by atoms with Gasteiger partial charge in [0.15, 0.2) is 0 Å². The molecule has 2 aromatic carbocycles. The number of nitrogens with one attached hydrogen (secondary N) is 1. The van der Waals surface area contributed by atoms with Gasteiger partial charge in [0.1, 0.15) is 5.82 Å². The van der Waals surface area contributed by atoms with Crippen molar-refractivity contribution in [2.45, 2.75) is 25.5 Å². The standard InChI is InChI=1S/C17H18FNO/c1-11-10-13(18)6-7-14(11)17(20)16-15-5-3-2-4-12(15)8-9-19-16/h2-7,10,16-17,19-20H,8-9H2,1H3. The SMILES string of the molecule is Cc1cc(F)ccc1C(O)C1NCCc2ccccc21. The lowest BCUT2D eigenvalue weighted by Gasteiger charge is -2.31. The molecule has 0 aliphatic carbocycles. The second-order valence-corrected chi connectivity index (χ2v) is 5.33. The Morgan fingerprint density at radius 1 is 1.25 bits per heavy atom. The van der Waals surface area contributed by atoms with Crippen LogP contribution >= 0.6 is 0 Å². The summed E-state index contributed by atoms with van der Waals surface area (Å²) in [5.41, 5.74) is 3.97. The van der Waals surface area contributed by atoms with Crippen molar-refractivity contribution < 1.29 is 9.50 Å². The van der Waals surface area contributed by atoms with E-state index in [-0.39, 0.29) is 11.9 Å². The molecule has 1 aliphatic heterocycles. The molecule has 0 radical (unpaired) electrons. The Bertz CT molecular complexity index is 626. The molecule has 0 bridgehead atoms. The van der Waals surface area contributed by atoms with E-state index in [1.807, 2.05) is 25.1 Å². The number of aliphatic hydroxyl groups is 1. The van der Waals surface area contributed by atoms with Gasteiger partial charge in [0, 0.05) is 0 Å². The molecule has 20 heavy (non-hydrogen) atoms. The molecule has 3 heteroatoms. The van der Waals surface area contributed by atoms with E-state index in [0.29, 0.717) is 0 Å². The summed E-state index contributed by atoms with van der Waals surface area (Å²) < 4.78 is 13.2. The highest BCUT2D eigenvalue weighted by Gasteiger charge is 2.27. The third kappa shape index (κ3) is 2.35. The van der Waals surface area contributed by atoms with E-state index in [2.05, 4.69) is 11.4 Å². The topological polar surface area (TPSA) is 32.3 Å². The van der Waals surface area contributed by atoms with Gasteiger partial charge in [0.2, 0.25) is 0 Å². The van der Waals surface area contributed by atoms with Gasteiger partial charge in [-0.3, -0.25) is 0 Å². The highest BCUT2D eigenvalue weighted by molar-refractivity contribution is 5.37. The summed E-state index contributed by atoms with van der Waals surface area (Å²) in [6.45, 7) is 2.68. The molecule has 1 heterocycles. The minimum absolute atomic E-state index is 0.135. The summed E-state index contributed by atoms with van der Waals surface area (Å²) in [4.78, 5) is 0. The lowest BCUT2D eigenvalue weighted by molar-refractivity contribution is 0.125. The first-order valence-electron chi connectivity index (χ1n) is 6.92. The van der Waals surface area contributed by atoms with Crippen molar-refractivity contribution >= 4 is 0 Å². The average Bonchev–Trinajstić information content (AvgIpc) is 2.46. The van der Waals surface area contributed by atoms with Crippen molar-refractivity contribution in [2.75, 3.05) is 6.54 Å². The Morgan fingerprint density at radius 3 is 2.85 bits per heavy atom. The van der Waals surface area contributed by atoms with Crippen molar-refractivity contribution in [3.63, 3.8) is 0 Å². The smallest absolute Gasteiger partial charge is 0.123 e. The summed E-state index contributed by atoms with van der Waals surface area (Å²) >= 11 is 0. The molecule has 2 N–H and O–H groups in total. The summed E-state index contributed by atoms with van der Waals surface area (Å²) in [6.07, 6.45) is 0.305.